The molecule has 68 valence electrons. The molecule has 1 fully saturated rings. The van der Waals surface area contributed by atoms with Gasteiger partial charge in [-0.05, 0) is 12.8 Å². The van der Waals surface area contributed by atoms with E-state index in [2.05, 4.69) is 0 Å². The predicted molar refractivity (Wildman–Crippen MR) is 46.8 cm³/mol. The lowest BCUT2D eigenvalue weighted by molar-refractivity contribution is -0.131. The minimum absolute atomic E-state index is 0.00343. The molecule has 0 aromatic carbocycles. The standard InChI is InChI=1S/C10H16O2/c1-7(2)8(11)6-9(12)10(3)4-5-10/h7H,4-6H2,1-3H3. The summed E-state index contributed by atoms with van der Waals surface area (Å²) in [6, 6.07) is 0. The van der Waals surface area contributed by atoms with E-state index in [1.165, 1.54) is 0 Å². The number of Topliss-reactive ketones (excluding diaryl/α,β-unsaturated/α-hetero) is 2. The third-order valence-corrected chi connectivity index (χ3v) is 2.65. The first-order valence-corrected chi connectivity index (χ1v) is 4.52. The summed E-state index contributed by atoms with van der Waals surface area (Å²) >= 11 is 0. The number of hydrogen-bond acceptors (Lipinski definition) is 2. The van der Waals surface area contributed by atoms with Crippen molar-refractivity contribution in [1.29, 1.82) is 0 Å². The molecule has 0 unspecified atom stereocenters. The average Bonchev–Trinajstić information content (AvgIpc) is 2.69. The van der Waals surface area contributed by atoms with Gasteiger partial charge in [-0.3, -0.25) is 9.59 Å². The third-order valence-electron chi connectivity index (χ3n) is 2.65. The van der Waals surface area contributed by atoms with Crippen molar-refractivity contribution in [3.63, 3.8) is 0 Å². The second-order valence-electron chi connectivity index (χ2n) is 4.28. The van der Waals surface area contributed by atoms with E-state index in [0.29, 0.717) is 0 Å². The average molecular weight is 168 g/mol. The van der Waals surface area contributed by atoms with Crippen LogP contribution in [0.1, 0.15) is 40.0 Å². The quantitative estimate of drug-likeness (QED) is 0.601. The van der Waals surface area contributed by atoms with E-state index >= 15 is 0 Å². The van der Waals surface area contributed by atoms with Gasteiger partial charge >= 0.3 is 0 Å². The lowest BCUT2D eigenvalue weighted by atomic mass is 9.95. The molecular formula is C10H16O2. The predicted octanol–water partition coefficient (Wildman–Crippen LogP) is 1.97. The van der Waals surface area contributed by atoms with Crippen LogP contribution in [0.25, 0.3) is 0 Å². The molecule has 0 spiro atoms. The van der Waals surface area contributed by atoms with E-state index in [9.17, 15) is 9.59 Å². The van der Waals surface area contributed by atoms with Crippen LogP contribution in [-0.4, -0.2) is 11.6 Å². The Bertz CT molecular complexity index is 212. The van der Waals surface area contributed by atoms with Gasteiger partial charge in [0.05, 0.1) is 6.42 Å². The van der Waals surface area contributed by atoms with Crippen molar-refractivity contribution < 1.29 is 9.59 Å². The van der Waals surface area contributed by atoms with Gasteiger partial charge in [0.15, 0.2) is 0 Å². The summed E-state index contributed by atoms with van der Waals surface area (Å²) in [5.41, 5.74) is -0.134. The van der Waals surface area contributed by atoms with Crippen molar-refractivity contribution in [2.24, 2.45) is 11.3 Å². The van der Waals surface area contributed by atoms with Gasteiger partial charge in [-0.1, -0.05) is 20.8 Å². The largest absolute Gasteiger partial charge is 0.299 e. The highest BCUT2D eigenvalue weighted by Crippen LogP contribution is 2.46. The molecule has 2 nitrogen and oxygen atoms in total. The summed E-state index contributed by atoms with van der Waals surface area (Å²) in [7, 11) is 0. The maximum Gasteiger partial charge on any atom is 0.146 e. The normalized spacial score (nSPS) is 19.3. The Labute approximate surface area is 73.3 Å². The molecule has 0 saturated heterocycles. The molecule has 1 rings (SSSR count). The molecule has 1 aliphatic carbocycles. The summed E-state index contributed by atoms with van der Waals surface area (Å²) in [5.74, 6) is 0.214. The number of rotatable bonds is 4. The Balaban J connectivity index is 2.41. The van der Waals surface area contributed by atoms with Crippen molar-refractivity contribution in [3.8, 4) is 0 Å². The summed E-state index contributed by atoms with van der Waals surface area (Å²) in [4.78, 5) is 22.6. The number of carbonyl (C=O) groups is 2. The second kappa shape index (κ2) is 3.00. The van der Waals surface area contributed by atoms with Crippen LogP contribution < -0.4 is 0 Å². The highest BCUT2D eigenvalue weighted by molar-refractivity contribution is 6.03. The first-order valence-electron chi connectivity index (χ1n) is 4.52. The first kappa shape index (κ1) is 9.43. The van der Waals surface area contributed by atoms with Gasteiger partial charge < -0.3 is 0 Å². The zero-order valence-corrected chi connectivity index (χ0v) is 8.02. The van der Waals surface area contributed by atoms with Crippen molar-refractivity contribution in [2.45, 2.75) is 40.0 Å². The highest BCUT2D eigenvalue weighted by Gasteiger charge is 2.44. The smallest absolute Gasteiger partial charge is 0.146 e. The van der Waals surface area contributed by atoms with Crippen molar-refractivity contribution in [3.05, 3.63) is 0 Å². The van der Waals surface area contributed by atoms with Crippen LogP contribution in [0.3, 0.4) is 0 Å². The summed E-state index contributed by atoms with van der Waals surface area (Å²) in [5, 5.41) is 0. The Hall–Kier alpha value is -0.660. The molecule has 0 heterocycles. The second-order valence-corrected chi connectivity index (χ2v) is 4.28. The van der Waals surface area contributed by atoms with Crippen molar-refractivity contribution >= 4 is 11.6 Å². The van der Waals surface area contributed by atoms with E-state index in [1.54, 1.807) is 0 Å². The van der Waals surface area contributed by atoms with Gasteiger partial charge in [-0.25, -0.2) is 0 Å². The number of ketones is 2. The fourth-order valence-corrected chi connectivity index (χ4v) is 1.04. The van der Waals surface area contributed by atoms with Crippen LogP contribution in [0.15, 0.2) is 0 Å². The molecule has 0 N–H and O–H groups in total. The monoisotopic (exact) mass is 168 g/mol. The van der Waals surface area contributed by atoms with E-state index in [4.69, 9.17) is 0 Å². The van der Waals surface area contributed by atoms with Gasteiger partial charge in [0, 0.05) is 11.3 Å². The minimum atomic E-state index is -0.134. The van der Waals surface area contributed by atoms with Crippen LogP contribution >= 0.6 is 0 Å². The lowest BCUT2D eigenvalue weighted by Crippen LogP contribution is -2.19. The summed E-state index contributed by atoms with van der Waals surface area (Å²) in [6.07, 6.45) is 2.09. The van der Waals surface area contributed by atoms with Crippen LogP contribution in [0, 0.1) is 11.3 Å². The van der Waals surface area contributed by atoms with Gasteiger partial charge in [0.2, 0.25) is 0 Å². The molecule has 2 heteroatoms. The lowest BCUT2D eigenvalue weighted by Gasteiger charge is -2.07. The van der Waals surface area contributed by atoms with E-state index in [1.807, 2.05) is 20.8 Å². The molecule has 0 radical (unpaired) electrons. The topological polar surface area (TPSA) is 34.1 Å². The molecule has 12 heavy (non-hydrogen) atoms. The molecule has 0 aromatic heterocycles. The Morgan fingerprint density at radius 3 is 2.17 bits per heavy atom. The van der Waals surface area contributed by atoms with Gasteiger partial charge in [-0.15, -0.1) is 0 Å². The van der Waals surface area contributed by atoms with Gasteiger partial charge in [0.1, 0.15) is 11.6 Å². The molecular weight excluding hydrogens is 152 g/mol. The molecule has 0 aromatic rings. The van der Waals surface area contributed by atoms with Gasteiger partial charge in [-0.2, -0.15) is 0 Å². The highest BCUT2D eigenvalue weighted by atomic mass is 16.1. The van der Waals surface area contributed by atoms with E-state index < -0.39 is 0 Å². The molecule has 0 aliphatic heterocycles. The van der Waals surface area contributed by atoms with Crippen LogP contribution in [0.2, 0.25) is 0 Å². The molecule has 1 aliphatic rings. The molecule has 1 saturated carbocycles. The van der Waals surface area contributed by atoms with Crippen molar-refractivity contribution in [2.75, 3.05) is 0 Å². The maximum absolute atomic E-state index is 11.4. The first-order chi connectivity index (χ1) is 5.46. The number of carbonyl (C=O) groups excluding carboxylic acids is 2. The van der Waals surface area contributed by atoms with Gasteiger partial charge in [0.25, 0.3) is 0 Å². The Morgan fingerprint density at radius 1 is 1.33 bits per heavy atom. The third kappa shape index (κ3) is 1.93. The maximum atomic E-state index is 11.4. The van der Waals surface area contributed by atoms with E-state index in [0.717, 1.165) is 12.8 Å². The molecule has 0 atom stereocenters. The molecule has 0 amide bonds. The zero-order valence-electron chi connectivity index (χ0n) is 8.02. The molecule has 0 bridgehead atoms. The minimum Gasteiger partial charge on any atom is -0.299 e. The Morgan fingerprint density at radius 2 is 1.83 bits per heavy atom. The van der Waals surface area contributed by atoms with Crippen LogP contribution in [0.5, 0.6) is 0 Å². The fraction of sp³-hybridized carbons (Fsp3) is 0.800. The van der Waals surface area contributed by atoms with Crippen molar-refractivity contribution in [1.82, 2.24) is 0 Å². The SMILES string of the molecule is CC(C)C(=O)CC(=O)C1(C)CC1. The van der Waals surface area contributed by atoms with E-state index in [-0.39, 0.29) is 29.3 Å². The van der Waals surface area contributed by atoms with Crippen LogP contribution in [-0.2, 0) is 9.59 Å². The Kier molecular flexibility index (Phi) is 2.36. The van der Waals surface area contributed by atoms with Crippen LogP contribution in [0.4, 0.5) is 0 Å². The fourth-order valence-electron chi connectivity index (χ4n) is 1.04. The summed E-state index contributed by atoms with van der Waals surface area (Å²) in [6.45, 7) is 5.62. The zero-order chi connectivity index (χ0) is 9.35. The number of hydrogen-bond donors (Lipinski definition) is 0. The summed E-state index contributed by atoms with van der Waals surface area (Å²) < 4.78 is 0.